The molecule has 3 heteroatoms. The number of hydrogen-bond donors (Lipinski definition) is 0. The zero-order valence-corrected chi connectivity index (χ0v) is 12.2. The Hall–Kier alpha value is -1.71. The molecule has 0 saturated carbocycles. The second-order valence-corrected chi connectivity index (χ2v) is 4.70. The predicted molar refractivity (Wildman–Crippen MR) is 79.5 cm³/mol. The third-order valence-corrected chi connectivity index (χ3v) is 3.69. The van der Waals surface area contributed by atoms with E-state index in [-0.39, 0.29) is 5.78 Å². The van der Waals surface area contributed by atoms with Crippen molar-refractivity contribution in [3.05, 3.63) is 53.6 Å². The third kappa shape index (κ3) is 2.47. The van der Waals surface area contributed by atoms with E-state index in [9.17, 15) is 4.79 Å². The fourth-order valence-corrected chi connectivity index (χ4v) is 2.54. The molecule has 0 amide bonds. The van der Waals surface area contributed by atoms with Gasteiger partial charge in [0.1, 0.15) is 0 Å². The first-order chi connectivity index (χ1) is 9.68. The van der Waals surface area contributed by atoms with Crippen LogP contribution < -0.4 is 0 Å². The van der Waals surface area contributed by atoms with Crippen molar-refractivity contribution in [2.75, 3.05) is 14.2 Å². The summed E-state index contributed by atoms with van der Waals surface area (Å²) in [6, 6.07) is 7.61. The van der Waals surface area contributed by atoms with Gasteiger partial charge in [0.2, 0.25) is 0 Å². The van der Waals surface area contributed by atoms with Crippen LogP contribution in [0.5, 0.6) is 0 Å². The normalized spacial score (nSPS) is 16.9. The average molecular weight is 272 g/mol. The summed E-state index contributed by atoms with van der Waals surface area (Å²) in [7, 11) is 3.25. The molecule has 0 aromatic heterocycles. The molecule has 0 radical (unpaired) electrons. The molecule has 1 aliphatic carbocycles. The van der Waals surface area contributed by atoms with Crippen LogP contribution in [0.25, 0.3) is 5.57 Å². The van der Waals surface area contributed by atoms with E-state index in [1.54, 1.807) is 14.2 Å². The molecule has 2 rings (SSSR count). The zero-order valence-electron chi connectivity index (χ0n) is 12.2. The van der Waals surface area contributed by atoms with Crippen molar-refractivity contribution in [3.8, 4) is 0 Å². The van der Waals surface area contributed by atoms with Gasteiger partial charge in [-0.3, -0.25) is 4.79 Å². The van der Waals surface area contributed by atoms with Gasteiger partial charge >= 0.3 is 0 Å². The van der Waals surface area contributed by atoms with Crippen molar-refractivity contribution >= 4 is 11.4 Å². The molecular weight excluding hydrogens is 252 g/mol. The molecule has 3 nitrogen and oxygen atoms in total. The van der Waals surface area contributed by atoms with Crippen LogP contribution >= 0.6 is 0 Å². The maximum atomic E-state index is 12.1. The minimum Gasteiger partial charge on any atom is -0.349 e. The number of ketones is 1. The molecule has 0 bridgehead atoms. The van der Waals surface area contributed by atoms with Crippen molar-refractivity contribution in [2.45, 2.75) is 25.6 Å². The molecule has 0 unspecified atom stereocenters. The van der Waals surface area contributed by atoms with Crippen LogP contribution in [0.2, 0.25) is 0 Å². The molecule has 0 N–H and O–H groups in total. The lowest BCUT2D eigenvalue weighted by molar-refractivity contribution is -0.159. The van der Waals surface area contributed by atoms with E-state index in [1.807, 2.05) is 49.4 Å². The Bertz CT molecular complexity index is 551. The number of hydrogen-bond acceptors (Lipinski definition) is 3. The van der Waals surface area contributed by atoms with Crippen LogP contribution in [0.3, 0.4) is 0 Å². The van der Waals surface area contributed by atoms with Crippen molar-refractivity contribution in [2.24, 2.45) is 0 Å². The minimum atomic E-state index is -0.821. The summed E-state index contributed by atoms with van der Waals surface area (Å²) >= 11 is 0. The van der Waals surface area contributed by atoms with Crippen LogP contribution in [-0.4, -0.2) is 25.8 Å². The number of benzene rings is 1. The highest BCUT2D eigenvalue weighted by molar-refractivity contribution is 6.01. The van der Waals surface area contributed by atoms with Crippen molar-refractivity contribution < 1.29 is 14.3 Å². The van der Waals surface area contributed by atoms with Gasteiger partial charge in [-0.2, -0.15) is 0 Å². The van der Waals surface area contributed by atoms with E-state index in [2.05, 4.69) is 0 Å². The van der Waals surface area contributed by atoms with Gasteiger partial charge in [0.15, 0.2) is 11.6 Å². The maximum absolute atomic E-state index is 12.1. The number of allylic oxidation sites excluding steroid dienone is 2. The van der Waals surface area contributed by atoms with Gasteiger partial charge in [0.25, 0.3) is 0 Å². The Kier molecular flexibility index (Phi) is 4.53. The number of carbonyl (C=O) groups is 1. The van der Waals surface area contributed by atoms with E-state index in [1.165, 1.54) is 0 Å². The predicted octanol–water partition coefficient (Wildman–Crippen LogP) is 3.61. The van der Waals surface area contributed by atoms with Crippen LogP contribution in [0.1, 0.15) is 35.7 Å². The molecular formula is C17H20O3. The van der Waals surface area contributed by atoms with E-state index in [0.29, 0.717) is 12.8 Å². The SMILES string of the molecule is CCC(=O)c1ccccc1C1=CC=CCC1(OC)OC. The third-order valence-electron chi connectivity index (χ3n) is 3.69. The maximum Gasteiger partial charge on any atom is 0.198 e. The van der Waals surface area contributed by atoms with Gasteiger partial charge in [-0.15, -0.1) is 0 Å². The first kappa shape index (κ1) is 14.7. The van der Waals surface area contributed by atoms with Gasteiger partial charge in [-0.05, 0) is 5.56 Å². The Morgan fingerprint density at radius 1 is 1.25 bits per heavy atom. The Balaban J connectivity index is 2.57. The summed E-state index contributed by atoms with van der Waals surface area (Å²) in [5.41, 5.74) is 2.49. The van der Waals surface area contributed by atoms with E-state index >= 15 is 0 Å². The van der Waals surface area contributed by atoms with E-state index in [4.69, 9.17) is 9.47 Å². The monoisotopic (exact) mass is 272 g/mol. The molecule has 0 heterocycles. The van der Waals surface area contributed by atoms with Crippen molar-refractivity contribution in [1.82, 2.24) is 0 Å². The van der Waals surface area contributed by atoms with Gasteiger partial charge in [0, 0.05) is 38.2 Å². The van der Waals surface area contributed by atoms with E-state index in [0.717, 1.165) is 16.7 Å². The molecule has 0 atom stereocenters. The second-order valence-electron chi connectivity index (χ2n) is 4.70. The highest BCUT2D eigenvalue weighted by Gasteiger charge is 2.36. The summed E-state index contributed by atoms with van der Waals surface area (Å²) in [5, 5.41) is 0. The Morgan fingerprint density at radius 2 is 1.95 bits per heavy atom. The molecule has 20 heavy (non-hydrogen) atoms. The number of ether oxygens (including phenoxy) is 2. The molecule has 0 aliphatic heterocycles. The second kappa shape index (κ2) is 6.16. The molecule has 1 aliphatic rings. The van der Waals surface area contributed by atoms with E-state index < -0.39 is 5.79 Å². The summed E-state index contributed by atoms with van der Waals surface area (Å²) in [4.78, 5) is 12.1. The number of methoxy groups -OCH3 is 2. The van der Waals surface area contributed by atoms with Gasteiger partial charge < -0.3 is 9.47 Å². The average Bonchev–Trinajstić information content (AvgIpc) is 2.54. The molecule has 1 aromatic rings. The summed E-state index contributed by atoms with van der Waals surface area (Å²) < 4.78 is 11.2. The van der Waals surface area contributed by atoms with Crippen LogP contribution in [-0.2, 0) is 9.47 Å². The van der Waals surface area contributed by atoms with Crippen LogP contribution in [0, 0.1) is 0 Å². The molecule has 106 valence electrons. The molecule has 0 saturated heterocycles. The van der Waals surface area contributed by atoms with Gasteiger partial charge in [-0.1, -0.05) is 49.4 Å². The first-order valence-electron chi connectivity index (χ1n) is 6.78. The van der Waals surface area contributed by atoms with Crippen molar-refractivity contribution in [1.29, 1.82) is 0 Å². The highest BCUT2D eigenvalue weighted by Crippen LogP contribution is 2.38. The number of rotatable bonds is 5. The quantitative estimate of drug-likeness (QED) is 0.606. The fourth-order valence-electron chi connectivity index (χ4n) is 2.54. The molecule has 0 spiro atoms. The lowest BCUT2D eigenvalue weighted by Crippen LogP contribution is -2.36. The summed E-state index contributed by atoms with van der Waals surface area (Å²) in [6.45, 7) is 1.87. The first-order valence-corrected chi connectivity index (χ1v) is 6.78. The Morgan fingerprint density at radius 3 is 2.60 bits per heavy atom. The number of carbonyl (C=O) groups excluding carboxylic acids is 1. The molecule has 1 aromatic carbocycles. The standard InChI is InChI=1S/C17H20O3/c1-4-16(18)14-10-6-5-9-13(14)15-11-7-8-12-17(15,19-2)20-3/h5-11H,4,12H2,1-3H3. The topological polar surface area (TPSA) is 35.5 Å². The lowest BCUT2D eigenvalue weighted by atomic mass is 9.87. The van der Waals surface area contributed by atoms with Crippen LogP contribution in [0.4, 0.5) is 0 Å². The summed E-state index contributed by atoms with van der Waals surface area (Å²) in [6.07, 6.45) is 7.03. The fraction of sp³-hybridized carbons (Fsp3) is 0.353. The number of Topliss-reactive ketones (excluding diaryl/α,β-unsaturated/α-hetero) is 1. The van der Waals surface area contributed by atoms with Gasteiger partial charge in [0.05, 0.1) is 0 Å². The smallest absolute Gasteiger partial charge is 0.198 e. The zero-order chi connectivity index (χ0) is 14.6. The Labute approximate surface area is 119 Å². The highest BCUT2D eigenvalue weighted by atomic mass is 16.7. The lowest BCUT2D eigenvalue weighted by Gasteiger charge is -2.35. The minimum absolute atomic E-state index is 0.122. The summed E-state index contributed by atoms with van der Waals surface area (Å²) in [5.74, 6) is -0.698. The van der Waals surface area contributed by atoms with Crippen molar-refractivity contribution in [3.63, 3.8) is 0 Å². The largest absolute Gasteiger partial charge is 0.349 e. The van der Waals surface area contributed by atoms with Crippen LogP contribution in [0.15, 0.2) is 42.5 Å². The molecule has 0 fully saturated rings. The van der Waals surface area contributed by atoms with Gasteiger partial charge in [-0.25, -0.2) is 0 Å².